The molecule has 0 saturated carbocycles. The highest BCUT2D eigenvalue weighted by molar-refractivity contribution is 7.89. The first-order chi connectivity index (χ1) is 12.3. The van der Waals surface area contributed by atoms with Crippen molar-refractivity contribution in [3.05, 3.63) is 28.6 Å². The van der Waals surface area contributed by atoms with Crippen molar-refractivity contribution in [2.75, 3.05) is 6.54 Å². The number of nitrogens with one attached hydrogen (secondary N) is 1. The van der Waals surface area contributed by atoms with Crippen LogP contribution < -0.4 is 4.72 Å². The number of carbonyl (C=O) groups excluding carboxylic acids is 2. The minimum atomic E-state index is -3.91. The molecule has 0 bridgehead atoms. The normalized spacial score (nSPS) is 18.3. The molecule has 0 unspecified atom stereocenters. The molecule has 3 rings (SSSR count). The van der Waals surface area contributed by atoms with Gasteiger partial charge in [-0.1, -0.05) is 24.6 Å². The number of hydroxylamine groups is 2. The Labute approximate surface area is 159 Å². The quantitative estimate of drug-likeness (QED) is 0.808. The molecule has 2 aromatic rings. The Bertz CT molecular complexity index is 957. The Balaban J connectivity index is 1.78. The molecule has 0 spiro atoms. The number of benzene rings is 1. The fraction of sp³-hybridized carbons (Fsp3) is 0.375. The third-order valence-corrected chi connectivity index (χ3v) is 6.66. The molecule has 26 heavy (non-hydrogen) atoms. The van der Waals surface area contributed by atoms with Crippen LogP contribution in [0.5, 0.6) is 0 Å². The smallest absolute Gasteiger partial charge is 0.332 e. The predicted octanol–water partition coefficient (Wildman–Crippen LogP) is 2.69. The van der Waals surface area contributed by atoms with Gasteiger partial charge in [0.15, 0.2) is 0 Å². The van der Waals surface area contributed by atoms with Crippen LogP contribution in [0.2, 0.25) is 4.34 Å². The summed E-state index contributed by atoms with van der Waals surface area (Å²) >= 11 is 7.24. The van der Waals surface area contributed by atoms with Gasteiger partial charge in [0.1, 0.15) is 6.04 Å². The summed E-state index contributed by atoms with van der Waals surface area (Å²) in [5.41, 5.74) is 0. The number of nitrogens with zero attached hydrogens (tertiary/aromatic N) is 1. The van der Waals surface area contributed by atoms with Crippen LogP contribution in [-0.2, 0) is 24.4 Å². The van der Waals surface area contributed by atoms with Crippen molar-refractivity contribution < 1.29 is 22.8 Å². The van der Waals surface area contributed by atoms with Crippen LogP contribution >= 0.6 is 22.9 Å². The lowest BCUT2D eigenvalue weighted by Gasteiger charge is -2.30. The van der Waals surface area contributed by atoms with E-state index in [1.54, 1.807) is 19.1 Å². The summed E-state index contributed by atoms with van der Waals surface area (Å²) < 4.78 is 29.1. The standard InChI is InChI=1S/C16H17ClN2O5S2/c1-2-15(20)24-19-7-3-4-12(16(19)21)18-26(22,23)11-6-5-10-8-14(17)25-13(10)9-11/h5-6,8-9,12,18H,2-4,7H2,1H3/t12-/m0/s1. The van der Waals surface area contributed by atoms with E-state index in [1.165, 1.54) is 23.5 Å². The minimum absolute atomic E-state index is 0.0546. The second-order valence-electron chi connectivity index (χ2n) is 5.82. The van der Waals surface area contributed by atoms with Crippen LogP contribution in [0.4, 0.5) is 0 Å². The number of carbonyl (C=O) groups is 2. The van der Waals surface area contributed by atoms with E-state index < -0.39 is 27.9 Å². The maximum Gasteiger partial charge on any atom is 0.332 e. The zero-order valence-corrected chi connectivity index (χ0v) is 16.3. The summed E-state index contributed by atoms with van der Waals surface area (Å²) in [6, 6.07) is 5.45. The average molecular weight is 417 g/mol. The van der Waals surface area contributed by atoms with Crippen LogP contribution in [0.3, 0.4) is 0 Å². The van der Waals surface area contributed by atoms with Gasteiger partial charge in [0.2, 0.25) is 10.0 Å². The molecule has 1 aromatic heterocycles. The van der Waals surface area contributed by atoms with Gasteiger partial charge >= 0.3 is 5.97 Å². The molecule has 2 heterocycles. The van der Waals surface area contributed by atoms with Crippen molar-refractivity contribution in [1.82, 2.24) is 9.79 Å². The van der Waals surface area contributed by atoms with Crippen molar-refractivity contribution in [2.45, 2.75) is 37.1 Å². The van der Waals surface area contributed by atoms with Crippen molar-refractivity contribution >= 4 is 54.9 Å². The van der Waals surface area contributed by atoms with E-state index in [2.05, 4.69) is 4.72 Å². The lowest BCUT2D eigenvalue weighted by molar-refractivity contribution is -0.202. The Morgan fingerprint density at radius 1 is 1.42 bits per heavy atom. The van der Waals surface area contributed by atoms with Crippen LogP contribution in [-0.4, -0.2) is 37.9 Å². The van der Waals surface area contributed by atoms with Gasteiger partial charge in [0.05, 0.1) is 15.8 Å². The lowest BCUT2D eigenvalue weighted by atomic mass is 10.1. The number of amides is 1. The van der Waals surface area contributed by atoms with Gasteiger partial charge in [0, 0.05) is 11.1 Å². The molecular weight excluding hydrogens is 400 g/mol. The number of hydrogen-bond acceptors (Lipinski definition) is 6. The first-order valence-electron chi connectivity index (χ1n) is 8.04. The van der Waals surface area contributed by atoms with Gasteiger partial charge in [-0.05, 0) is 36.4 Å². The highest BCUT2D eigenvalue weighted by Gasteiger charge is 2.34. The van der Waals surface area contributed by atoms with E-state index in [0.29, 0.717) is 17.2 Å². The van der Waals surface area contributed by atoms with Crippen LogP contribution in [0, 0.1) is 0 Å². The Morgan fingerprint density at radius 2 is 2.19 bits per heavy atom. The molecule has 1 saturated heterocycles. The Hall–Kier alpha value is -1.68. The van der Waals surface area contributed by atoms with E-state index in [0.717, 1.165) is 15.1 Å². The van der Waals surface area contributed by atoms with E-state index in [4.69, 9.17) is 16.4 Å². The zero-order chi connectivity index (χ0) is 18.9. The minimum Gasteiger partial charge on any atom is -0.338 e. The van der Waals surface area contributed by atoms with Crippen molar-refractivity contribution in [1.29, 1.82) is 0 Å². The summed E-state index contributed by atoms with van der Waals surface area (Å²) in [4.78, 5) is 28.8. The molecule has 1 N–H and O–H groups in total. The van der Waals surface area contributed by atoms with Gasteiger partial charge in [-0.3, -0.25) is 4.79 Å². The van der Waals surface area contributed by atoms with E-state index in [9.17, 15) is 18.0 Å². The van der Waals surface area contributed by atoms with Gasteiger partial charge in [-0.15, -0.1) is 11.3 Å². The number of halogens is 1. The van der Waals surface area contributed by atoms with Crippen molar-refractivity contribution in [3.8, 4) is 0 Å². The molecule has 1 aliphatic heterocycles. The molecule has 0 radical (unpaired) electrons. The van der Waals surface area contributed by atoms with Crippen LogP contribution in [0.25, 0.3) is 10.1 Å². The van der Waals surface area contributed by atoms with Crippen molar-refractivity contribution in [2.24, 2.45) is 0 Å². The summed E-state index contributed by atoms with van der Waals surface area (Å²) in [7, 11) is -3.91. The molecule has 1 aliphatic rings. The molecule has 1 amide bonds. The number of fused-ring (bicyclic) bond motifs is 1. The third kappa shape index (κ3) is 4.01. The summed E-state index contributed by atoms with van der Waals surface area (Å²) in [5.74, 6) is -1.11. The Kier molecular flexibility index (Phi) is 5.52. The van der Waals surface area contributed by atoms with Gasteiger partial charge in [-0.25, -0.2) is 13.2 Å². The van der Waals surface area contributed by atoms with E-state index >= 15 is 0 Å². The van der Waals surface area contributed by atoms with Gasteiger partial charge in [-0.2, -0.15) is 9.79 Å². The summed E-state index contributed by atoms with van der Waals surface area (Å²) in [5, 5.41) is 1.79. The fourth-order valence-electron chi connectivity index (χ4n) is 2.64. The van der Waals surface area contributed by atoms with Gasteiger partial charge in [0.25, 0.3) is 5.91 Å². The second-order valence-corrected chi connectivity index (χ2v) is 9.25. The molecular formula is C16H17ClN2O5S2. The van der Waals surface area contributed by atoms with Gasteiger partial charge < -0.3 is 4.84 Å². The first-order valence-corrected chi connectivity index (χ1v) is 10.7. The largest absolute Gasteiger partial charge is 0.338 e. The third-order valence-electron chi connectivity index (χ3n) is 3.97. The van der Waals surface area contributed by atoms with E-state index in [-0.39, 0.29) is 17.9 Å². The Morgan fingerprint density at radius 3 is 2.92 bits per heavy atom. The monoisotopic (exact) mass is 416 g/mol. The van der Waals surface area contributed by atoms with Crippen LogP contribution in [0.15, 0.2) is 29.2 Å². The molecule has 0 aliphatic carbocycles. The van der Waals surface area contributed by atoms with Crippen molar-refractivity contribution in [3.63, 3.8) is 0 Å². The number of sulfonamides is 1. The van der Waals surface area contributed by atoms with Crippen LogP contribution in [0.1, 0.15) is 26.2 Å². The number of hydrogen-bond donors (Lipinski definition) is 1. The first kappa shape index (κ1) is 19.1. The zero-order valence-electron chi connectivity index (χ0n) is 13.9. The maximum absolute atomic E-state index is 12.7. The topological polar surface area (TPSA) is 92.8 Å². The predicted molar refractivity (Wildman–Crippen MR) is 98.3 cm³/mol. The second kappa shape index (κ2) is 7.51. The fourth-order valence-corrected chi connectivity index (χ4v) is 5.15. The lowest BCUT2D eigenvalue weighted by Crippen LogP contribution is -2.52. The molecule has 10 heteroatoms. The highest BCUT2D eigenvalue weighted by Crippen LogP contribution is 2.31. The average Bonchev–Trinajstić information content (AvgIpc) is 2.97. The molecule has 7 nitrogen and oxygen atoms in total. The summed E-state index contributed by atoms with van der Waals surface area (Å²) in [6.45, 7) is 1.87. The van der Waals surface area contributed by atoms with E-state index in [1.807, 2.05) is 0 Å². The highest BCUT2D eigenvalue weighted by atomic mass is 35.5. The number of rotatable bonds is 5. The summed E-state index contributed by atoms with van der Waals surface area (Å²) in [6.07, 6.45) is 0.990. The molecule has 140 valence electrons. The maximum atomic E-state index is 12.7. The molecule has 1 aromatic carbocycles. The SMILES string of the molecule is CCC(=O)ON1CCC[C@H](NS(=O)(=O)c2ccc3cc(Cl)sc3c2)C1=O. The molecule has 1 fully saturated rings. The number of thiophene rings is 1. The molecule has 1 atom stereocenters. The number of piperidine rings is 1.